The van der Waals surface area contributed by atoms with Crippen molar-refractivity contribution in [2.24, 2.45) is 0 Å². The first kappa shape index (κ1) is 10.4. The number of anilines is 2. The summed E-state index contributed by atoms with van der Waals surface area (Å²) >= 11 is 0. The third kappa shape index (κ3) is 2.44. The van der Waals surface area contributed by atoms with Gasteiger partial charge in [-0.05, 0) is 19.1 Å². The molecular weight excluding hydrogens is 202 g/mol. The summed E-state index contributed by atoms with van der Waals surface area (Å²) in [4.78, 5) is 12.2. The normalized spacial score (nSPS) is 10.1. The van der Waals surface area contributed by atoms with E-state index in [0.29, 0.717) is 18.1 Å². The van der Waals surface area contributed by atoms with Crippen molar-refractivity contribution < 1.29 is 0 Å². The third-order valence-electron chi connectivity index (χ3n) is 2.12. The highest BCUT2D eigenvalue weighted by Gasteiger charge is 2.00. The van der Waals surface area contributed by atoms with Crippen molar-refractivity contribution in [2.75, 3.05) is 11.1 Å². The van der Waals surface area contributed by atoms with Crippen LogP contribution in [0.15, 0.2) is 30.7 Å². The van der Waals surface area contributed by atoms with Crippen LogP contribution in [0.2, 0.25) is 0 Å². The van der Waals surface area contributed by atoms with Crippen LogP contribution in [0.1, 0.15) is 11.4 Å². The topological polar surface area (TPSA) is 76.7 Å². The van der Waals surface area contributed by atoms with Gasteiger partial charge < -0.3 is 11.1 Å². The minimum atomic E-state index is 0.537. The number of rotatable bonds is 3. The number of nitrogen functional groups attached to an aromatic ring is 1. The summed E-state index contributed by atoms with van der Waals surface area (Å²) < 4.78 is 0. The van der Waals surface area contributed by atoms with Gasteiger partial charge in [-0.1, -0.05) is 6.07 Å². The lowest BCUT2D eigenvalue weighted by molar-refractivity contribution is 0.999. The van der Waals surface area contributed by atoms with Crippen LogP contribution in [0, 0.1) is 6.92 Å². The van der Waals surface area contributed by atoms with Crippen LogP contribution in [0.3, 0.4) is 0 Å². The third-order valence-corrected chi connectivity index (χ3v) is 2.12. The molecule has 0 fully saturated rings. The molecule has 0 saturated heterocycles. The molecule has 0 bridgehead atoms. The van der Waals surface area contributed by atoms with E-state index >= 15 is 0 Å². The van der Waals surface area contributed by atoms with Gasteiger partial charge in [-0.25, -0.2) is 9.97 Å². The first-order valence-corrected chi connectivity index (χ1v) is 4.97. The maximum absolute atomic E-state index is 5.71. The SMILES string of the molecule is Cc1cccc(CNc2ncncc2N)n1. The minimum absolute atomic E-state index is 0.537. The number of aryl methyl sites for hydroxylation is 1. The molecule has 0 saturated carbocycles. The number of pyridine rings is 1. The molecule has 0 aliphatic rings. The maximum Gasteiger partial charge on any atom is 0.152 e. The fourth-order valence-corrected chi connectivity index (χ4v) is 1.36. The van der Waals surface area contributed by atoms with Crippen LogP contribution in [-0.2, 0) is 6.54 Å². The number of nitrogens with one attached hydrogen (secondary N) is 1. The standard InChI is InChI=1S/C11H13N5/c1-8-3-2-4-9(16-8)5-14-11-10(12)6-13-7-15-11/h2-4,6-7H,5,12H2,1H3,(H,13,14,15). The van der Waals surface area contributed by atoms with E-state index < -0.39 is 0 Å². The number of nitrogens with two attached hydrogens (primary N) is 1. The molecule has 5 heteroatoms. The van der Waals surface area contributed by atoms with Crippen molar-refractivity contribution in [1.29, 1.82) is 0 Å². The van der Waals surface area contributed by atoms with Gasteiger partial charge in [0.25, 0.3) is 0 Å². The van der Waals surface area contributed by atoms with Crippen molar-refractivity contribution in [1.82, 2.24) is 15.0 Å². The average molecular weight is 215 g/mol. The minimum Gasteiger partial charge on any atom is -0.394 e. The predicted molar refractivity (Wildman–Crippen MR) is 62.7 cm³/mol. The molecule has 0 aliphatic carbocycles. The van der Waals surface area contributed by atoms with Crippen molar-refractivity contribution in [3.63, 3.8) is 0 Å². The highest BCUT2D eigenvalue weighted by atomic mass is 15.0. The Labute approximate surface area is 93.8 Å². The lowest BCUT2D eigenvalue weighted by atomic mass is 10.3. The second kappa shape index (κ2) is 4.57. The maximum atomic E-state index is 5.71. The van der Waals surface area contributed by atoms with Crippen molar-refractivity contribution >= 4 is 11.5 Å². The van der Waals surface area contributed by atoms with Gasteiger partial charge in [0.2, 0.25) is 0 Å². The van der Waals surface area contributed by atoms with Crippen LogP contribution in [0.5, 0.6) is 0 Å². The Morgan fingerprint density at radius 3 is 3.00 bits per heavy atom. The Morgan fingerprint density at radius 1 is 1.38 bits per heavy atom. The van der Waals surface area contributed by atoms with Gasteiger partial charge in [0.15, 0.2) is 5.82 Å². The molecule has 5 nitrogen and oxygen atoms in total. The summed E-state index contributed by atoms with van der Waals surface area (Å²) in [7, 11) is 0. The van der Waals surface area contributed by atoms with Gasteiger partial charge in [-0.15, -0.1) is 0 Å². The first-order valence-electron chi connectivity index (χ1n) is 4.97. The zero-order valence-electron chi connectivity index (χ0n) is 9.01. The number of hydrogen-bond donors (Lipinski definition) is 2. The van der Waals surface area contributed by atoms with E-state index in [1.165, 1.54) is 6.33 Å². The monoisotopic (exact) mass is 215 g/mol. The molecule has 0 unspecified atom stereocenters. The molecule has 2 aromatic rings. The fourth-order valence-electron chi connectivity index (χ4n) is 1.36. The molecule has 0 aliphatic heterocycles. The second-order valence-electron chi connectivity index (χ2n) is 3.45. The summed E-state index contributed by atoms with van der Waals surface area (Å²) in [5, 5.41) is 3.12. The lowest BCUT2D eigenvalue weighted by Gasteiger charge is -2.07. The fraction of sp³-hybridized carbons (Fsp3) is 0.182. The Morgan fingerprint density at radius 2 is 2.25 bits per heavy atom. The molecule has 0 radical (unpaired) electrons. The van der Waals surface area contributed by atoms with Gasteiger partial charge in [0, 0.05) is 5.69 Å². The van der Waals surface area contributed by atoms with Gasteiger partial charge in [-0.3, -0.25) is 4.98 Å². The van der Waals surface area contributed by atoms with Crippen molar-refractivity contribution in [3.05, 3.63) is 42.1 Å². The van der Waals surface area contributed by atoms with Crippen molar-refractivity contribution in [2.45, 2.75) is 13.5 Å². The van der Waals surface area contributed by atoms with Crippen LogP contribution in [0.25, 0.3) is 0 Å². The number of hydrogen-bond acceptors (Lipinski definition) is 5. The molecule has 2 aromatic heterocycles. The smallest absolute Gasteiger partial charge is 0.152 e. The molecule has 0 aromatic carbocycles. The molecule has 2 heterocycles. The summed E-state index contributed by atoms with van der Waals surface area (Å²) in [6.45, 7) is 2.56. The quantitative estimate of drug-likeness (QED) is 0.808. The Balaban J connectivity index is 2.05. The van der Waals surface area contributed by atoms with E-state index in [2.05, 4.69) is 20.3 Å². The Hall–Kier alpha value is -2.17. The van der Waals surface area contributed by atoms with Crippen LogP contribution >= 0.6 is 0 Å². The second-order valence-corrected chi connectivity index (χ2v) is 3.45. The van der Waals surface area contributed by atoms with Crippen LogP contribution in [-0.4, -0.2) is 15.0 Å². The van der Waals surface area contributed by atoms with Gasteiger partial charge >= 0.3 is 0 Å². The van der Waals surface area contributed by atoms with Gasteiger partial charge in [0.05, 0.1) is 24.1 Å². The zero-order valence-corrected chi connectivity index (χ0v) is 9.01. The Bertz CT molecular complexity index is 483. The summed E-state index contributed by atoms with van der Waals surface area (Å²) in [5.41, 5.74) is 8.20. The van der Waals surface area contributed by atoms with Gasteiger partial charge in [0.1, 0.15) is 6.33 Å². The summed E-state index contributed by atoms with van der Waals surface area (Å²) in [5.74, 6) is 0.637. The molecule has 82 valence electrons. The lowest BCUT2D eigenvalue weighted by Crippen LogP contribution is -2.06. The molecule has 16 heavy (non-hydrogen) atoms. The predicted octanol–water partition coefficient (Wildman–Crippen LogP) is 1.37. The van der Waals surface area contributed by atoms with Crippen LogP contribution in [0.4, 0.5) is 11.5 Å². The summed E-state index contributed by atoms with van der Waals surface area (Å²) in [6, 6.07) is 5.89. The van der Waals surface area contributed by atoms with E-state index in [0.717, 1.165) is 11.4 Å². The van der Waals surface area contributed by atoms with E-state index in [1.807, 2.05) is 25.1 Å². The van der Waals surface area contributed by atoms with E-state index in [1.54, 1.807) is 6.20 Å². The first-order chi connectivity index (χ1) is 7.75. The molecule has 0 atom stereocenters. The highest BCUT2D eigenvalue weighted by Crippen LogP contribution is 2.12. The zero-order chi connectivity index (χ0) is 11.4. The molecule has 2 rings (SSSR count). The van der Waals surface area contributed by atoms with Crippen molar-refractivity contribution in [3.8, 4) is 0 Å². The van der Waals surface area contributed by atoms with Crippen LogP contribution < -0.4 is 11.1 Å². The van der Waals surface area contributed by atoms with E-state index in [4.69, 9.17) is 5.73 Å². The average Bonchev–Trinajstić information content (AvgIpc) is 2.28. The molecule has 0 amide bonds. The number of aromatic nitrogens is 3. The van der Waals surface area contributed by atoms with E-state index in [9.17, 15) is 0 Å². The van der Waals surface area contributed by atoms with E-state index in [-0.39, 0.29) is 0 Å². The Kier molecular flexibility index (Phi) is 2.95. The molecule has 3 N–H and O–H groups in total. The summed E-state index contributed by atoms with van der Waals surface area (Å²) in [6.07, 6.45) is 3.03. The van der Waals surface area contributed by atoms with Gasteiger partial charge in [-0.2, -0.15) is 0 Å². The number of nitrogens with zero attached hydrogens (tertiary/aromatic N) is 3. The largest absolute Gasteiger partial charge is 0.394 e. The highest BCUT2D eigenvalue weighted by molar-refractivity contribution is 5.58. The molecular formula is C11H13N5. The molecule has 0 spiro atoms.